The fourth-order valence-corrected chi connectivity index (χ4v) is 1.47. The molecule has 0 spiro atoms. The van der Waals surface area contributed by atoms with Gasteiger partial charge in [-0.2, -0.15) is 0 Å². The number of nitrogens with one attached hydrogen (secondary N) is 1. The first-order valence-electron chi connectivity index (χ1n) is 3.76. The molecule has 0 saturated carbocycles. The molecule has 0 fully saturated rings. The van der Waals surface area contributed by atoms with Crippen LogP contribution < -0.4 is 5.32 Å². The molecular weight excluding hydrogens is 221 g/mol. The zero-order valence-corrected chi connectivity index (χ0v) is 8.65. The third-order valence-electron chi connectivity index (χ3n) is 1.82. The van der Waals surface area contributed by atoms with Gasteiger partial charge in [0.15, 0.2) is 0 Å². The Kier molecular flexibility index (Phi) is 3.23. The summed E-state index contributed by atoms with van der Waals surface area (Å²) in [4.78, 5) is 0. The molecular formula is C9H11BrFN. The number of halogens is 2. The zero-order chi connectivity index (χ0) is 9.14. The molecule has 0 radical (unpaired) electrons. The molecule has 1 aromatic carbocycles. The minimum atomic E-state index is -0.207. The summed E-state index contributed by atoms with van der Waals surface area (Å²) in [5.74, 6) is -0.207. The van der Waals surface area contributed by atoms with Gasteiger partial charge in [-0.1, -0.05) is 15.9 Å². The number of benzene rings is 1. The van der Waals surface area contributed by atoms with Crippen LogP contribution in [-0.4, -0.2) is 7.05 Å². The summed E-state index contributed by atoms with van der Waals surface area (Å²) in [6, 6.07) is 5.07. The monoisotopic (exact) mass is 231 g/mol. The van der Waals surface area contributed by atoms with Crippen LogP contribution in [0, 0.1) is 5.82 Å². The summed E-state index contributed by atoms with van der Waals surface area (Å²) < 4.78 is 13.6. The highest BCUT2D eigenvalue weighted by atomic mass is 79.9. The standard InChI is InChI=1S/C9H11BrFN/c1-6(12-2)7-3-8(10)5-9(11)4-7/h3-6,12H,1-2H3/t6-/m1/s1. The van der Waals surface area contributed by atoms with E-state index in [1.165, 1.54) is 12.1 Å². The first-order valence-corrected chi connectivity index (χ1v) is 4.56. The molecule has 1 atom stereocenters. The van der Waals surface area contributed by atoms with Gasteiger partial charge in [0.25, 0.3) is 0 Å². The normalized spacial score (nSPS) is 13.0. The summed E-state index contributed by atoms with van der Waals surface area (Å²) in [5.41, 5.74) is 0.948. The molecule has 12 heavy (non-hydrogen) atoms. The van der Waals surface area contributed by atoms with Crippen molar-refractivity contribution in [1.82, 2.24) is 5.32 Å². The maximum atomic E-state index is 12.9. The third kappa shape index (κ3) is 2.29. The van der Waals surface area contributed by atoms with Crippen molar-refractivity contribution < 1.29 is 4.39 Å². The Morgan fingerprint density at radius 2 is 2.08 bits per heavy atom. The smallest absolute Gasteiger partial charge is 0.124 e. The van der Waals surface area contributed by atoms with Crippen LogP contribution in [0.4, 0.5) is 4.39 Å². The molecule has 1 aromatic rings. The van der Waals surface area contributed by atoms with Gasteiger partial charge < -0.3 is 5.32 Å². The third-order valence-corrected chi connectivity index (χ3v) is 2.28. The van der Waals surface area contributed by atoms with Crippen molar-refractivity contribution in [2.45, 2.75) is 13.0 Å². The lowest BCUT2D eigenvalue weighted by atomic mass is 10.1. The van der Waals surface area contributed by atoms with Crippen LogP contribution >= 0.6 is 15.9 Å². The molecule has 0 aromatic heterocycles. The van der Waals surface area contributed by atoms with Gasteiger partial charge in [-0.3, -0.25) is 0 Å². The highest BCUT2D eigenvalue weighted by Gasteiger charge is 2.04. The average Bonchev–Trinajstić information content (AvgIpc) is 2.01. The molecule has 66 valence electrons. The zero-order valence-electron chi connectivity index (χ0n) is 7.07. The van der Waals surface area contributed by atoms with Crippen LogP contribution in [-0.2, 0) is 0 Å². The molecule has 0 aliphatic carbocycles. The molecule has 0 bridgehead atoms. The summed E-state index contributed by atoms with van der Waals surface area (Å²) in [6.07, 6.45) is 0. The molecule has 0 saturated heterocycles. The Bertz CT molecular complexity index is 255. The van der Waals surface area contributed by atoms with Gasteiger partial charge in [0, 0.05) is 10.5 Å². The Morgan fingerprint density at radius 3 is 2.58 bits per heavy atom. The summed E-state index contributed by atoms with van der Waals surface area (Å²) in [5, 5.41) is 3.05. The minimum absolute atomic E-state index is 0.178. The van der Waals surface area contributed by atoms with E-state index in [2.05, 4.69) is 21.2 Å². The van der Waals surface area contributed by atoms with Crippen molar-refractivity contribution in [3.63, 3.8) is 0 Å². The molecule has 0 heterocycles. The van der Waals surface area contributed by atoms with Crippen LogP contribution in [0.5, 0.6) is 0 Å². The Morgan fingerprint density at radius 1 is 1.42 bits per heavy atom. The molecule has 3 heteroatoms. The van der Waals surface area contributed by atoms with Crippen molar-refractivity contribution in [1.29, 1.82) is 0 Å². The summed E-state index contributed by atoms with van der Waals surface area (Å²) in [7, 11) is 1.85. The Balaban J connectivity index is 3.00. The van der Waals surface area contributed by atoms with Crippen molar-refractivity contribution >= 4 is 15.9 Å². The van der Waals surface area contributed by atoms with E-state index in [1.807, 2.05) is 20.0 Å². The average molecular weight is 232 g/mol. The van der Waals surface area contributed by atoms with Gasteiger partial charge in [-0.15, -0.1) is 0 Å². The predicted molar refractivity (Wildman–Crippen MR) is 51.6 cm³/mol. The van der Waals surface area contributed by atoms with Gasteiger partial charge in [0.2, 0.25) is 0 Å². The van der Waals surface area contributed by atoms with Crippen molar-refractivity contribution in [2.24, 2.45) is 0 Å². The van der Waals surface area contributed by atoms with Crippen molar-refractivity contribution in [2.75, 3.05) is 7.05 Å². The van der Waals surface area contributed by atoms with Crippen molar-refractivity contribution in [3.05, 3.63) is 34.1 Å². The lowest BCUT2D eigenvalue weighted by molar-refractivity contribution is 0.607. The molecule has 1 N–H and O–H groups in total. The highest BCUT2D eigenvalue weighted by molar-refractivity contribution is 9.10. The maximum absolute atomic E-state index is 12.9. The predicted octanol–water partition coefficient (Wildman–Crippen LogP) is 2.87. The second-order valence-electron chi connectivity index (χ2n) is 2.71. The van der Waals surface area contributed by atoms with Gasteiger partial charge in [0.05, 0.1) is 0 Å². The van der Waals surface area contributed by atoms with E-state index in [9.17, 15) is 4.39 Å². The second kappa shape index (κ2) is 4.01. The fraction of sp³-hybridized carbons (Fsp3) is 0.333. The highest BCUT2D eigenvalue weighted by Crippen LogP contribution is 2.19. The molecule has 0 amide bonds. The van der Waals surface area contributed by atoms with E-state index in [-0.39, 0.29) is 11.9 Å². The number of hydrogen-bond donors (Lipinski definition) is 1. The van der Waals surface area contributed by atoms with E-state index >= 15 is 0 Å². The Hall–Kier alpha value is -0.410. The van der Waals surface area contributed by atoms with Crippen LogP contribution in [0.25, 0.3) is 0 Å². The van der Waals surface area contributed by atoms with Gasteiger partial charge in [0.1, 0.15) is 5.82 Å². The lowest BCUT2D eigenvalue weighted by Crippen LogP contribution is -2.12. The van der Waals surface area contributed by atoms with Gasteiger partial charge >= 0.3 is 0 Å². The van der Waals surface area contributed by atoms with E-state index < -0.39 is 0 Å². The topological polar surface area (TPSA) is 12.0 Å². The number of hydrogen-bond acceptors (Lipinski definition) is 1. The quantitative estimate of drug-likeness (QED) is 0.826. The SMILES string of the molecule is CN[C@H](C)c1cc(F)cc(Br)c1. The summed E-state index contributed by atoms with van der Waals surface area (Å²) >= 11 is 3.24. The first-order chi connectivity index (χ1) is 5.63. The van der Waals surface area contributed by atoms with E-state index in [0.717, 1.165) is 10.0 Å². The maximum Gasteiger partial charge on any atom is 0.124 e. The summed E-state index contributed by atoms with van der Waals surface area (Å²) in [6.45, 7) is 1.99. The van der Waals surface area contributed by atoms with Crippen LogP contribution in [0.3, 0.4) is 0 Å². The molecule has 0 aliphatic rings. The van der Waals surface area contributed by atoms with E-state index in [1.54, 1.807) is 0 Å². The molecule has 0 aliphatic heterocycles. The lowest BCUT2D eigenvalue weighted by Gasteiger charge is -2.10. The van der Waals surface area contributed by atoms with Crippen LogP contribution in [0.1, 0.15) is 18.5 Å². The van der Waals surface area contributed by atoms with Crippen molar-refractivity contribution in [3.8, 4) is 0 Å². The van der Waals surface area contributed by atoms with Crippen LogP contribution in [0.2, 0.25) is 0 Å². The van der Waals surface area contributed by atoms with Gasteiger partial charge in [-0.25, -0.2) is 4.39 Å². The van der Waals surface area contributed by atoms with E-state index in [0.29, 0.717) is 0 Å². The first kappa shape index (κ1) is 9.68. The van der Waals surface area contributed by atoms with E-state index in [4.69, 9.17) is 0 Å². The molecule has 0 unspecified atom stereocenters. The molecule has 1 nitrogen and oxygen atoms in total. The second-order valence-corrected chi connectivity index (χ2v) is 3.63. The number of rotatable bonds is 2. The van der Waals surface area contributed by atoms with Crippen LogP contribution in [0.15, 0.2) is 22.7 Å². The minimum Gasteiger partial charge on any atom is -0.313 e. The van der Waals surface area contributed by atoms with Gasteiger partial charge in [-0.05, 0) is 37.7 Å². The molecule has 1 rings (SSSR count). The largest absolute Gasteiger partial charge is 0.313 e. The Labute approximate surface area is 80.1 Å². The fourth-order valence-electron chi connectivity index (χ4n) is 0.992.